The molecule has 0 saturated carbocycles. The Hall–Kier alpha value is -3.37. The van der Waals surface area contributed by atoms with Crippen molar-refractivity contribution in [3.63, 3.8) is 0 Å². The Morgan fingerprint density at radius 3 is 2.36 bits per heavy atom. The molecule has 12 heteroatoms. The van der Waals surface area contributed by atoms with Crippen LogP contribution in [0.4, 0.5) is 13.2 Å². The predicted molar refractivity (Wildman–Crippen MR) is 129 cm³/mol. The first-order chi connectivity index (χ1) is 16.8. The highest BCUT2D eigenvalue weighted by molar-refractivity contribution is 6.34. The molecule has 0 unspecified atom stereocenters. The molecule has 1 aromatic carbocycles. The Labute approximate surface area is 213 Å². The summed E-state index contributed by atoms with van der Waals surface area (Å²) in [5, 5.41) is 5.07. The summed E-state index contributed by atoms with van der Waals surface area (Å²) < 4.78 is 48.7. The Morgan fingerprint density at radius 1 is 1.08 bits per heavy atom. The van der Waals surface area contributed by atoms with E-state index >= 15 is 0 Å². The van der Waals surface area contributed by atoms with Gasteiger partial charge in [-0.15, -0.1) is 0 Å². The van der Waals surface area contributed by atoms with Crippen LogP contribution in [0.1, 0.15) is 36.8 Å². The third kappa shape index (κ3) is 5.10. The van der Waals surface area contributed by atoms with E-state index < -0.39 is 28.5 Å². The first kappa shape index (κ1) is 25.7. The summed E-state index contributed by atoms with van der Waals surface area (Å²) in [6, 6.07) is 7.88. The van der Waals surface area contributed by atoms with Crippen LogP contribution in [0.3, 0.4) is 0 Å². The van der Waals surface area contributed by atoms with E-state index in [0.29, 0.717) is 5.39 Å². The Morgan fingerprint density at radius 2 is 1.75 bits per heavy atom. The van der Waals surface area contributed by atoms with Crippen LogP contribution in [-0.2, 0) is 12.7 Å². The van der Waals surface area contributed by atoms with Crippen molar-refractivity contribution in [2.24, 2.45) is 5.41 Å². The highest BCUT2D eigenvalue weighted by Crippen LogP contribution is 2.37. The van der Waals surface area contributed by atoms with Gasteiger partial charge in [0.25, 0.3) is 11.5 Å². The van der Waals surface area contributed by atoms with E-state index in [0.717, 1.165) is 21.5 Å². The maximum Gasteiger partial charge on any atom is 0.420 e. The number of fused-ring (bicyclic) bond motifs is 1. The van der Waals surface area contributed by atoms with Crippen molar-refractivity contribution >= 4 is 40.1 Å². The Bertz CT molecular complexity index is 1520. The lowest BCUT2D eigenvalue weighted by atomic mass is 9.96. The van der Waals surface area contributed by atoms with Gasteiger partial charge in [-0.25, -0.2) is 4.98 Å². The number of carbonyl (C=O) groups excluding carboxylic acids is 1. The summed E-state index contributed by atoms with van der Waals surface area (Å²) >= 11 is 11.9. The first-order valence-electron chi connectivity index (χ1n) is 10.6. The molecule has 4 rings (SSSR count). The van der Waals surface area contributed by atoms with Crippen molar-refractivity contribution in [1.29, 1.82) is 0 Å². The summed E-state index contributed by atoms with van der Waals surface area (Å²) in [6.45, 7) is 4.92. The largest absolute Gasteiger partial charge is 0.451 e. The molecule has 0 amide bonds. The molecule has 4 aromatic rings. The fourth-order valence-corrected chi connectivity index (χ4v) is 3.96. The van der Waals surface area contributed by atoms with Crippen molar-refractivity contribution < 1.29 is 22.7 Å². The standard InChI is InChI=1S/C24H19Cl2F3N4O3/c1-23(2,3)22(35)33-20-16(5-4-7-30-20)18(31-33)12-32-8-6-17(24(27,28)29)19(21(32)34)36-15-10-13(25)9-14(26)11-15/h4-11H,12H2,1-3H3. The molecule has 0 bridgehead atoms. The number of ether oxygens (including phenoxy) is 1. The quantitative estimate of drug-likeness (QED) is 0.298. The first-order valence-corrected chi connectivity index (χ1v) is 11.3. The van der Waals surface area contributed by atoms with Gasteiger partial charge in [-0.1, -0.05) is 44.0 Å². The summed E-state index contributed by atoms with van der Waals surface area (Å²) in [6.07, 6.45) is -2.38. The van der Waals surface area contributed by atoms with E-state index in [4.69, 9.17) is 27.9 Å². The fraction of sp³-hybridized carbons (Fsp3) is 0.250. The third-order valence-electron chi connectivity index (χ3n) is 5.16. The second-order valence-corrected chi connectivity index (χ2v) is 9.86. The number of hydrogen-bond donors (Lipinski definition) is 0. The molecule has 0 aliphatic heterocycles. The summed E-state index contributed by atoms with van der Waals surface area (Å²) in [4.78, 5) is 30.3. The molecule has 0 saturated heterocycles. The van der Waals surface area contributed by atoms with E-state index in [1.54, 1.807) is 32.9 Å². The molecule has 0 N–H and O–H groups in total. The minimum Gasteiger partial charge on any atom is -0.451 e. The second-order valence-electron chi connectivity index (χ2n) is 8.98. The molecule has 3 aromatic heterocycles. The Balaban J connectivity index is 1.83. The number of rotatable bonds is 4. The molecule has 0 aliphatic rings. The number of aromatic nitrogens is 4. The number of carbonyl (C=O) groups is 1. The minimum atomic E-state index is -4.87. The zero-order valence-corrected chi connectivity index (χ0v) is 20.7. The lowest BCUT2D eigenvalue weighted by molar-refractivity contribution is -0.138. The second kappa shape index (κ2) is 9.25. The van der Waals surface area contributed by atoms with Gasteiger partial charge in [0, 0.05) is 33.2 Å². The van der Waals surface area contributed by atoms with Crippen molar-refractivity contribution in [3.8, 4) is 11.5 Å². The SMILES string of the molecule is CC(C)(C)C(=O)n1nc(Cn2ccc(C(F)(F)F)c(Oc3cc(Cl)cc(Cl)c3)c2=O)c2cccnc21. The molecular formula is C24H19Cl2F3N4O3. The zero-order valence-electron chi connectivity index (χ0n) is 19.2. The molecule has 7 nitrogen and oxygen atoms in total. The lowest BCUT2D eigenvalue weighted by Crippen LogP contribution is -2.28. The molecule has 0 spiro atoms. The monoisotopic (exact) mass is 538 g/mol. The number of hydrogen-bond acceptors (Lipinski definition) is 5. The van der Waals surface area contributed by atoms with Crippen LogP contribution in [0.15, 0.2) is 53.6 Å². The topological polar surface area (TPSA) is 79.0 Å². The van der Waals surface area contributed by atoms with Crippen LogP contribution in [0.25, 0.3) is 11.0 Å². The number of nitrogens with zero attached hydrogens (tertiary/aromatic N) is 4. The van der Waals surface area contributed by atoms with Gasteiger partial charge in [0.1, 0.15) is 11.3 Å². The number of halogens is 5. The molecule has 0 fully saturated rings. The summed E-state index contributed by atoms with van der Waals surface area (Å²) in [5.41, 5.74) is -2.56. The summed E-state index contributed by atoms with van der Waals surface area (Å²) in [7, 11) is 0. The van der Waals surface area contributed by atoms with Crippen LogP contribution >= 0.6 is 23.2 Å². The smallest absolute Gasteiger partial charge is 0.420 e. The van der Waals surface area contributed by atoms with Gasteiger partial charge in [-0.05, 0) is 36.4 Å². The molecule has 0 aliphatic carbocycles. The van der Waals surface area contributed by atoms with Crippen LogP contribution in [0.5, 0.6) is 11.5 Å². The van der Waals surface area contributed by atoms with E-state index in [1.165, 1.54) is 24.4 Å². The molecular weight excluding hydrogens is 520 g/mol. The van der Waals surface area contributed by atoms with Crippen molar-refractivity contribution in [3.05, 3.63) is 80.4 Å². The van der Waals surface area contributed by atoms with Crippen molar-refractivity contribution in [2.75, 3.05) is 0 Å². The van der Waals surface area contributed by atoms with E-state index in [9.17, 15) is 22.8 Å². The number of pyridine rings is 2. The number of benzene rings is 1. The molecule has 36 heavy (non-hydrogen) atoms. The van der Waals surface area contributed by atoms with Gasteiger partial charge >= 0.3 is 6.18 Å². The van der Waals surface area contributed by atoms with Gasteiger partial charge < -0.3 is 9.30 Å². The van der Waals surface area contributed by atoms with Gasteiger partial charge in [0.15, 0.2) is 5.65 Å². The van der Waals surface area contributed by atoms with Crippen LogP contribution in [0.2, 0.25) is 10.0 Å². The van der Waals surface area contributed by atoms with Crippen molar-refractivity contribution in [1.82, 2.24) is 19.3 Å². The normalized spacial score (nSPS) is 12.2. The highest BCUT2D eigenvalue weighted by Gasteiger charge is 2.37. The minimum absolute atomic E-state index is 0.121. The van der Waals surface area contributed by atoms with Crippen LogP contribution in [0, 0.1) is 5.41 Å². The molecule has 0 radical (unpaired) electrons. The molecule has 0 atom stereocenters. The highest BCUT2D eigenvalue weighted by atomic mass is 35.5. The van der Waals surface area contributed by atoms with Gasteiger partial charge in [0.2, 0.25) is 5.75 Å². The molecule has 3 heterocycles. The Kier molecular flexibility index (Phi) is 6.61. The van der Waals surface area contributed by atoms with Gasteiger partial charge in [0.05, 0.1) is 12.2 Å². The predicted octanol–water partition coefficient (Wildman–Crippen LogP) is 6.45. The lowest BCUT2D eigenvalue weighted by Gasteiger charge is -2.16. The number of alkyl halides is 3. The van der Waals surface area contributed by atoms with Gasteiger partial charge in [-0.2, -0.15) is 23.0 Å². The van der Waals surface area contributed by atoms with E-state index in [1.807, 2.05) is 0 Å². The zero-order chi connectivity index (χ0) is 26.4. The maximum atomic E-state index is 13.7. The third-order valence-corrected chi connectivity index (χ3v) is 5.59. The van der Waals surface area contributed by atoms with Crippen LogP contribution in [-0.4, -0.2) is 25.2 Å². The maximum absolute atomic E-state index is 13.7. The van der Waals surface area contributed by atoms with E-state index in [2.05, 4.69) is 10.1 Å². The average molecular weight is 539 g/mol. The van der Waals surface area contributed by atoms with Gasteiger partial charge in [-0.3, -0.25) is 9.59 Å². The van der Waals surface area contributed by atoms with Crippen molar-refractivity contribution in [2.45, 2.75) is 33.5 Å². The van der Waals surface area contributed by atoms with Crippen LogP contribution < -0.4 is 10.3 Å². The average Bonchev–Trinajstić information content (AvgIpc) is 3.12. The summed E-state index contributed by atoms with van der Waals surface area (Å²) in [5.74, 6) is -1.42. The fourth-order valence-electron chi connectivity index (χ4n) is 3.46. The molecule has 188 valence electrons. The van der Waals surface area contributed by atoms with E-state index in [-0.39, 0.29) is 39.6 Å².